The highest BCUT2D eigenvalue weighted by Gasteiger charge is 2.11. The predicted molar refractivity (Wildman–Crippen MR) is 96.3 cm³/mol. The van der Waals surface area contributed by atoms with Crippen LogP contribution in [-0.2, 0) is 11.2 Å². The molecule has 122 valence electrons. The van der Waals surface area contributed by atoms with Gasteiger partial charge in [-0.25, -0.2) is 4.98 Å². The number of amides is 1. The van der Waals surface area contributed by atoms with E-state index >= 15 is 0 Å². The van der Waals surface area contributed by atoms with Gasteiger partial charge in [0.2, 0.25) is 5.91 Å². The van der Waals surface area contributed by atoms with Crippen molar-refractivity contribution in [2.75, 3.05) is 23.3 Å². The minimum atomic E-state index is 0.0429. The molecular weight excluding hydrogens is 306 g/mol. The number of thiazole rings is 1. The third-order valence-corrected chi connectivity index (χ3v) is 4.97. The third kappa shape index (κ3) is 4.55. The maximum atomic E-state index is 12.0. The molecule has 5 heteroatoms. The number of nitrogens with zero attached hydrogens (tertiary/aromatic N) is 2. The highest BCUT2D eigenvalue weighted by molar-refractivity contribution is 7.09. The summed E-state index contributed by atoms with van der Waals surface area (Å²) in [6.07, 6.45) is 5.05. The van der Waals surface area contributed by atoms with Crippen molar-refractivity contribution < 1.29 is 4.79 Å². The fourth-order valence-corrected chi connectivity index (χ4v) is 3.54. The van der Waals surface area contributed by atoms with E-state index in [0.29, 0.717) is 12.8 Å². The molecule has 4 nitrogen and oxygen atoms in total. The normalized spacial score (nSPS) is 14.7. The third-order valence-electron chi connectivity index (χ3n) is 4.15. The van der Waals surface area contributed by atoms with Crippen molar-refractivity contribution in [3.05, 3.63) is 40.3 Å². The van der Waals surface area contributed by atoms with Crippen LogP contribution < -0.4 is 10.2 Å². The van der Waals surface area contributed by atoms with Gasteiger partial charge < -0.3 is 10.2 Å². The summed E-state index contributed by atoms with van der Waals surface area (Å²) in [5.41, 5.74) is 3.12. The van der Waals surface area contributed by atoms with Crippen LogP contribution in [0, 0.1) is 6.92 Å². The largest absolute Gasteiger partial charge is 0.372 e. The van der Waals surface area contributed by atoms with Gasteiger partial charge in [-0.1, -0.05) is 0 Å². The van der Waals surface area contributed by atoms with Crippen LogP contribution in [0.2, 0.25) is 0 Å². The molecule has 0 atom stereocenters. The molecule has 0 radical (unpaired) electrons. The number of aryl methyl sites for hydroxylation is 2. The first-order valence-electron chi connectivity index (χ1n) is 8.26. The average Bonchev–Trinajstić information content (AvgIpc) is 3.00. The van der Waals surface area contributed by atoms with Gasteiger partial charge in [0.15, 0.2) is 0 Å². The summed E-state index contributed by atoms with van der Waals surface area (Å²) >= 11 is 1.63. The minimum absolute atomic E-state index is 0.0429. The van der Waals surface area contributed by atoms with Crippen LogP contribution in [-0.4, -0.2) is 24.0 Å². The lowest BCUT2D eigenvalue weighted by molar-refractivity contribution is -0.116. The quantitative estimate of drug-likeness (QED) is 0.901. The van der Waals surface area contributed by atoms with E-state index < -0.39 is 0 Å². The van der Waals surface area contributed by atoms with Crippen molar-refractivity contribution in [1.29, 1.82) is 0 Å². The monoisotopic (exact) mass is 329 g/mol. The molecule has 1 saturated heterocycles. The van der Waals surface area contributed by atoms with Crippen LogP contribution in [0.5, 0.6) is 0 Å². The van der Waals surface area contributed by atoms with E-state index in [9.17, 15) is 4.79 Å². The highest BCUT2D eigenvalue weighted by Crippen LogP contribution is 2.22. The molecule has 3 rings (SSSR count). The second-order valence-electron chi connectivity index (χ2n) is 6.00. The summed E-state index contributed by atoms with van der Waals surface area (Å²) in [5.74, 6) is 0.0429. The number of benzene rings is 1. The number of piperidine rings is 1. The Balaban J connectivity index is 1.50. The van der Waals surface area contributed by atoms with E-state index in [1.165, 1.54) is 24.9 Å². The van der Waals surface area contributed by atoms with Gasteiger partial charge in [-0.05, 0) is 56.9 Å². The molecule has 1 fully saturated rings. The number of carbonyl (C=O) groups excluding carboxylic acids is 1. The van der Waals surface area contributed by atoms with Crippen LogP contribution in [0.15, 0.2) is 29.6 Å². The Labute approximate surface area is 141 Å². The van der Waals surface area contributed by atoms with Gasteiger partial charge in [0.25, 0.3) is 0 Å². The van der Waals surface area contributed by atoms with Crippen molar-refractivity contribution in [3.63, 3.8) is 0 Å². The molecule has 1 aromatic carbocycles. The van der Waals surface area contributed by atoms with Gasteiger partial charge in [0, 0.05) is 36.3 Å². The topological polar surface area (TPSA) is 45.2 Å². The average molecular weight is 329 g/mol. The number of hydrogen-bond acceptors (Lipinski definition) is 4. The van der Waals surface area contributed by atoms with Crippen LogP contribution >= 0.6 is 11.3 Å². The van der Waals surface area contributed by atoms with Gasteiger partial charge in [0.1, 0.15) is 0 Å². The van der Waals surface area contributed by atoms with Gasteiger partial charge in [-0.15, -0.1) is 11.3 Å². The van der Waals surface area contributed by atoms with Crippen LogP contribution in [0.3, 0.4) is 0 Å². The van der Waals surface area contributed by atoms with Crippen molar-refractivity contribution in [2.45, 2.75) is 39.0 Å². The molecule has 1 aliphatic rings. The number of nitrogens with one attached hydrogen (secondary N) is 1. The lowest BCUT2D eigenvalue weighted by Gasteiger charge is -2.28. The van der Waals surface area contributed by atoms with E-state index in [1.807, 2.05) is 24.4 Å². The zero-order valence-electron chi connectivity index (χ0n) is 13.5. The van der Waals surface area contributed by atoms with Crippen LogP contribution in [0.4, 0.5) is 11.4 Å². The van der Waals surface area contributed by atoms with Crippen molar-refractivity contribution >= 4 is 28.6 Å². The Morgan fingerprint density at radius 3 is 2.61 bits per heavy atom. The minimum Gasteiger partial charge on any atom is -0.372 e. The first kappa shape index (κ1) is 16.0. The summed E-state index contributed by atoms with van der Waals surface area (Å²) in [5, 5.41) is 6.04. The molecule has 2 heterocycles. The first-order chi connectivity index (χ1) is 11.2. The zero-order valence-corrected chi connectivity index (χ0v) is 14.4. The lowest BCUT2D eigenvalue weighted by Crippen LogP contribution is -2.29. The Hall–Kier alpha value is -1.88. The fourth-order valence-electron chi connectivity index (χ4n) is 2.90. The maximum Gasteiger partial charge on any atom is 0.224 e. The van der Waals surface area contributed by atoms with Crippen molar-refractivity contribution in [3.8, 4) is 0 Å². The van der Waals surface area contributed by atoms with Crippen molar-refractivity contribution in [1.82, 2.24) is 4.98 Å². The SMILES string of the molecule is Cc1nc(CCC(=O)Nc2ccc(N3CCCCC3)cc2)cs1. The van der Waals surface area contributed by atoms with E-state index in [0.717, 1.165) is 29.5 Å². The van der Waals surface area contributed by atoms with E-state index in [1.54, 1.807) is 11.3 Å². The molecule has 2 aromatic rings. The van der Waals surface area contributed by atoms with Crippen LogP contribution in [0.25, 0.3) is 0 Å². The molecule has 1 amide bonds. The Kier molecular flexibility index (Phi) is 5.28. The number of anilines is 2. The standard InChI is InChI=1S/C18H23N3OS/c1-14-19-16(13-23-14)7-10-18(22)20-15-5-8-17(9-6-15)21-11-3-2-4-12-21/h5-6,8-9,13H,2-4,7,10-12H2,1H3,(H,20,22). The summed E-state index contributed by atoms with van der Waals surface area (Å²) in [6, 6.07) is 8.19. The summed E-state index contributed by atoms with van der Waals surface area (Å²) in [6.45, 7) is 4.26. The van der Waals surface area contributed by atoms with Gasteiger partial charge in [0.05, 0.1) is 10.7 Å². The molecule has 23 heavy (non-hydrogen) atoms. The summed E-state index contributed by atoms with van der Waals surface area (Å²) in [4.78, 5) is 18.8. The predicted octanol–water partition coefficient (Wildman–Crippen LogP) is 4.01. The molecule has 1 aromatic heterocycles. The molecule has 0 aliphatic carbocycles. The number of carbonyl (C=O) groups is 1. The molecular formula is C18H23N3OS. The molecule has 1 aliphatic heterocycles. The lowest BCUT2D eigenvalue weighted by atomic mass is 10.1. The van der Waals surface area contributed by atoms with Crippen molar-refractivity contribution in [2.24, 2.45) is 0 Å². The summed E-state index contributed by atoms with van der Waals surface area (Å²) < 4.78 is 0. The van der Waals surface area contributed by atoms with Gasteiger partial charge >= 0.3 is 0 Å². The Morgan fingerprint density at radius 2 is 1.96 bits per heavy atom. The number of rotatable bonds is 5. The second kappa shape index (κ2) is 7.59. The molecule has 0 unspecified atom stereocenters. The zero-order chi connectivity index (χ0) is 16.1. The fraction of sp³-hybridized carbons (Fsp3) is 0.444. The van der Waals surface area contributed by atoms with E-state index in [2.05, 4.69) is 27.3 Å². The number of hydrogen-bond donors (Lipinski definition) is 1. The molecule has 1 N–H and O–H groups in total. The van der Waals surface area contributed by atoms with Gasteiger partial charge in [-0.3, -0.25) is 4.79 Å². The maximum absolute atomic E-state index is 12.0. The van der Waals surface area contributed by atoms with E-state index in [4.69, 9.17) is 0 Å². The highest BCUT2D eigenvalue weighted by atomic mass is 32.1. The molecule has 0 saturated carbocycles. The van der Waals surface area contributed by atoms with Crippen LogP contribution in [0.1, 0.15) is 36.4 Å². The smallest absolute Gasteiger partial charge is 0.224 e. The Morgan fingerprint density at radius 1 is 1.22 bits per heavy atom. The molecule has 0 spiro atoms. The summed E-state index contributed by atoms with van der Waals surface area (Å²) in [7, 11) is 0. The first-order valence-corrected chi connectivity index (χ1v) is 9.14. The van der Waals surface area contributed by atoms with Gasteiger partial charge in [-0.2, -0.15) is 0 Å². The Bertz CT molecular complexity index is 645. The van der Waals surface area contributed by atoms with E-state index in [-0.39, 0.29) is 5.91 Å². The second-order valence-corrected chi connectivity index (χ2v) is 7.06. The molecule has 0 bridgehead atoms. The number of aromatic nitrogens is 1.